The summed E-state index contributed by atoms with van der Waals surface area (Å²) >= 11 is 0. The quantitative estimate of drug-likeness (QED) is 0.641. The minimum absolute atomic E-state index is 0.0990. The van der Waals surface area contributed by atoms with Crippen molar-refractivity contribution in [1.82, 2.24) is 15.3 Å². The molecule has 1 aromatic rings. The van der Waals surface area contributed by atoms with Crippen molar-refractivity contribution in [2.45, 2.75) is 38.8 Å². The predicted molar refractivity (Wildman–Crippen MR) is 57.9 cm³/mol. The van der Waals surface area contributed by atoms with Gasteiger partial charge < -0.3 is 16.0 Å². The Morgan fingerprint density at radius 2 is 2.53 bits per heavy atom. The normalized spacial score (nSPS) is 12.4. The van der Waals surface area contributed by atoms with E-state index in [9.17, 15) is 4.79 Å². The van der Waals surface area contributed by atoms with E-state index < -0.39 is 6.04 Å². The van der Waals surface area contributed by atoms with E-state index in [0.717, 1.165) is 25.0 Å². The van der Waals surface area contributed by atoms with Crippen molar-refractivity contribution in [2.75, 3.05) is 0 Å². The molecule has 5 heteroatoms. The average molecular weight is 210 g/mol. The fourth-order valence-electron chi connectivity index (χ4n) is 1.25. The number of imidazole rings is 1. The van der Waals surface area contributed by atoms with Gasteiger partial charge in [0.2, 0.25) is 5.91 Å². The van der Waals surface area contributed by atoms with Gasteiger partial charge in [0, 0.05) is 6.20 Å². The van der Waals surface area contributed by atoms with Gasteiger partial charge in [0.15, 0.2) is 0 Å². The maximum absolute atomic E-state index is 11.5. The Morgan fingerprint density at radius 1 is 1.73 bits per heavy atom. The van der Waals surface area contributed by atoms with E-state index >= 15 is 0 Å². The number of nitrogens with zero attached hydrogens (tertiary/aromatic N) is 1. The van der Waals surface area contributed by atoms with Gasteiger partial charge in [-0.05, 0) is 6.42 Å². The summed E-state index contributed by atoms with van der Waals surface area (Å²) in [7, 11) is 0. The summed E-state index contributed by atoms with van der Waals surface area (Å²) in [5.74, 6) is -0.0990. The van der Waals surface area contributed by atoms with Crippen molar-refractivity contribution >= 4 is 5.91 Å². The molecule has 1 heterocycles. The molecule has 0 aliphatic rings. The molecule has 1 atom stereocenters. The molecule has 0 aromatic carbocycles. The Morgan fingerprint density at radius 3 is 3.13 bits per heavy atom. The fourth-order valence-corrected chi connectivity index (χ4v) is 1.25. The number of hydrogen-bond donors (Lipinski definition) is 3. The number of nitrogens with two attached hydrogens (primary N) is 1. The molecule has 0 unspecified atom stereocenters. The van der Waals surface area contributed by atoms with Crippen LogP contribution in [-0.2, 0) is 11.3 Å². The number of aromatic amines is 1. The van der Waals surface area contributed by atoms with E-state index in [-0.39, 0.29) is 5.91 Å². The van der Waals surface area contributed by atoms with Crippen LogP contribution in [-0.4, -0.2) is 21.9 Å². The lowest BCUT2D eigenvalue weighted by Gasteiger charge is -2.10. The molecule has 84 valence electrons. The number of unbranched alkanes of at least 4 members (excludes halogenated alkanes) is 1. The molecule has 0 aliphatic carbocycles. The van der Waals surface area contributed by atoms with Crippen LogP contribution >= 0.6 is 0 Å². The highest BCUT2D eigenvalue weighted by molar-refractivity contribution is 5.81. The van der Waals surface area contributed by atoms with Gasteiger partial charge in [0.05, 0.1) is 24.6 Å². The molecule has 0 saturated carbocycles. The van der Waals surface area contributed by atoms with Crippen molar-refractivity contribution in [3.63, 3.8) is 0 Å². The number of nitrogens with one attached hydrogen (secondary N) is 2. The molecule has 1 amide bonds. The van der Waals surface area contributed by atoms with Crippen LogP contribution in [0.25, 0.3) is 0 Å². The highest BCUT2D eigenvalue weighted by Gasteiger charge is 2.11. The van der Waals surface area contributed by atoms with E-state index in [1.54, 1.807) is 12.5 Å². The predicted octanol–water partition coefficient (Wildman–Crippen LogP) is 0.543. The van der Waals surface area contributed by atoms with Crippen LogP contribution < -0.4 is 11.1 Å². The largest absolute Gasteiger partial charge is 0.349 e. The highest BCUT2D eigenvalue weighted by atomic mass is 16.2. The number of amides is 1. The summed E-state index contributed by atoms with van der Waals surface area (Å²) < 4.78 is 0. The third-order valence-corrected chi connectivity index (χ3v) is 2.21. The van der Waals surface area contributed by atoms with E-state index in [4.69, 9.17) is 5.73 Å². The summed E-state index contributed by atoms with van der Waals surface area (Å²) in [5, 5.41) is 2.76. The first kappa shape index (κ1) is 11.7. The third-order valence-electron chi connectivity index (χ3n) is 2.21. The first-order valence-electron chi connectivity index (χ1n) is 5.24. The molecule has 0 spiro atoms. The lowest BCUT2D eigenvalue weighted by Crippen LogP contribution is -2.40. The lowest BCUT2D eigenvalue weighted by atomic mass is 10.1. The molecule has 4 N–H and O–H groups in total. The third kappa shape index (κ3) is 4.12. The van der Waals surface area contributed by atoms with Gasteiger partial charge >= 0.3 is 0 Å². The topological polar surface area (TPSA) is 83.8 Å². The van der Waals surface area contributed by atoms with Gasteiger partial charge in [-0.2, -0.15) is 0 Å². The molecular weight excluding hydrogens is 192 g/mol. The van der Waals surface area contributed by atoms with Crippen LogP contribution in [0, 0.1) is 0 Å². The van der Waals surface area contributed by atoms with E-state index in [0.29, 0.717) is 6.54 Å². The lowest BCUT2D eigenvalue weighted by molar-refractivity contribution is -0.122. The second-order valence-electron chi connectivity index (χ2n) is 3.54. The summed E-state index contributed by atoms with van der Waals surface area (Å²) in [6, 6.07) is -0.395. The SMILES string of the molecule is CCCC[C@H](N)C(=O)NCc1cnc[nH]1. The van der Waals surface area contributed by atoms with Crippen molar-refractivity contribution in [3.05, 3.63) is 18.2 Å². The number of H-pyrrole nitrogens is 1. The maximum atomic E-state index is 11.5. The molecule has 0 fully saturated rings. The average Bonchev–Trinajstić information content (AvgIpc) is 2.75. The van der Waals surface area contributed by atoms with Crippen molar-refractivity contribution in [2.24, 2.45) is 5.73 Å². The number of rotatable bonds is 6. The molecule has 0 radical (unpaired) electrons. The van der Waals surface area contributed by atoms with Gasteiger partial charge in [-0.25, -0.2) is 4.98 Å². The van der Waals surface area contributed by atoms with Gasteiger partial charge in [-0.3, -0.25) is 4.79 Å². The maximum Gasteiger partial charge on any atom is 0.237 e. The van der Waals surface area contributed by atoms with Crippen molar-refractivity contribution < 1.29 is 4.79 Å². The summed E-state index contributed by atoms with van der Waals surface area (Å²) in [6.07, 6.45) is 6.04. The zero-order valence-electron chi connectivity index (χ0n) is 8.99. The minimum atomic E-state index is -0.395. The van der Waals surface area contributed by atoms with Crippen LogP contribution in [0.5, 0.6) is 0 Å². The Balaban J connectivity index is 2.23. The molecule has 0 bridgehead atoms. The molecule has 5 nitrogen and oxygen atoms in total. The molecule has 1 aromatic heterocycles. The van der Waals surface area contributed by atoms with Crippen molar-refractivity contribution in [3.8, 4) is 0 Å². The van der Waals surface area contributed by atoms with Gasteiger partial charge in [-0.15, -0.1) is 0 Å². The Labute approximate surface area is 89.5 Å². The van der Waals surface area contributed by atoms with Gasteiger partial charge in [0.1, 0.15) is 0 Å². The van der Waals surface area contributed by atoms with E-state index in [1.807, 2.05) is 0 Å². The number of hydrogen-bond acceptors (Lipinski definition) is 3. The second kappa shape index (κ2) is 6.19. The second-order valence-corrected chi connectivity index (χ2v) is 3.54. The van der Waals surface area contributed by atoms with E-state index in [2.05, 4.69) is 22.2 Å². The zero-order valence-corrected chi connectivity index (χ0v) is 8.99. The van der Waals surface area contributed by atoms with Crippen LogP contribution in [0.15, 0.2) is 12.5 Å². The van der Waals surface area contributed by atoms with Crippen LogP contribution in [0.1, 0.15) is 31.9 Å². The first-order valence-corrected chi connectivity index (χ1v) is 5.24. The summed E-state index contributed by atoms with van der Waals surface area (Å²) in [6.45, 7) is 2.54. The molecule has 0 saturated heterocycles. The monoisotopic (exact) mass is 210 g/mol. The number of carbonyl (C=O) groups is 1. The summed E-state index contributed by atoms with van der Waals surface area (Å²) in [5.41, 5.74) is 6.59. The standard InChI is InChI=1S/C10H18N4O/c1-2-3-4-9(11)10(15)13-6-8-5-12-7-14-8/h5,7,9H,2-4,6,11H2,1H3,(H,12,14)(H,13,15)/t9-/m0/s1. The number of carbonyl (C=O) groups excluding carboxylic acids is 1. The van der Waals surface area contributed by atoms with Gasteiger partial charge in [-0.1, -0.05) is 19.8 Å². The Kier molecular flexibility index (Phi) is 4.83. The fraction of sp³-hybridized carbons (Fsp3) is 0.600. The smallest absolute Gasteiger partial charge is 0.237 e. The minimum Gasteiger partial charge on any atom is -0.349 e. The number of aromatic nitrogens is 2. The highest BCUT2D eigenvalue weighted by Crippen LogP contribution is 1.98. The van der Waals surface area contributed by atoms with Crippen molar-refractivity contribution in [1.29, 1.82) is 0 Å². The molecule has 1 rings (SSSR count). The first-order chi connectivity index (χ1) is 7.24. The van der Waals surface area contributed by atoms with Crippen LogP contribution in [0.2, 0.25) is 0 Å². The Bertz CT molecular complexity index is 284. The molecule has 15 heavy (non-hydrogen) atoms. The van der Waals surface area contributed by atoms with Crippen LogP contribution in [0.4, 0.5) is 0 Å². The Hall–Kier alpha value is -1.36. The summed E-state index contributed by atoms with van der Waals surface area (Å²) in [4.78, 5) is 18.2. The van der Waals surface area contributed by atoms with Crippen LogP contribution in [0.3, 0.4) is 0 Å². The zero-order chi connectivity index (χ0) is 11.1. The van der Waals surface area contributed by atoms with E-state index in [1.165, 1.54) is 0 Å². The van der Waals surface area contributed by atoms with Gasteiger partial charge in [0.25, 0.3) is 0 Å². The molecule has 0 aliphatic heterocycles. The molecular formula is C10H18N4O.